The molecule has 0 saturated carbocycles. The van der Waals surface area contributed by atoms with E-state index in [9.17, 15) is 0 Å². The molecule has 48 valence electrons. The lowest BCUT2D eigenvalue weighted by atomic mass is 10.4. The van der Waals surface area contributed by atoms with Crippen LogP contribution in [0.2, 0.25) is 0 Å². The van der Waals surface area contributed by atoms with Gasteiger partial charge >= 0.3 is 0 Å². The predicted molar refractivity (Wildman–Crippen MR) is 33.1 cm³/mol. The van der Waals surface area contributed by atoms with Crippen LogP contribution in [0.1, 0.15) is 0 Å². The molecule has 0 aromatic heterocycles. The third-order valence-corrected chi connectivity index (χ3v) is 1.17. The van der Waals surface area contributed by atoms with E-state index in [-0.39, 0.29) is 5.88 Å². The van der Waals surface area contributed by atoms with E-state index in [4.69, 9.17) is 21.9 Å². The van der Waals surface area contributed by atoms with E-state index >= 15 is 0 Å². The summed E-state index contributed by atoms with van der Waals surface area (Å²) in [6.45, 7) is 0.452. The van der Waals surface area contributed by atoms with Crippen molar-refractivity contribution in [1.29, 1.82) is 5.53 Å². The third kappa shape index (κ3) is 1.29. The lowest BCUT2D eigenvalue weighted by Gasteiger charge is -2.06. The number of nitrogens with one attached hydrogen (secondary N) is 1. The van der Waals surface area contributed by atoms with Gasteiger partial charge in [-0.25, -0.2) is 5.53 Å². The molecule has 4 heteroatoms. The Hall–Kier alpha value is -0.830. The number of allylic oxidation sites excluding steroid dienone is 2. The zero-order valence-corrected chi connectivity index (χ0v) is 5.35. The fourth-order valence-electron chi connectivity index (χ4n) is 0.505. The van der Waals surface area contributed by atoms with Crippen molar-refractivity contribution in [3.8, 4) is 0 Å². The van der Waals surface area contributed by atoms with Gasteiger partial charge in [0.15, 0.2) is 0 Å². The predicted octanol–water partition coefficient (Wildman–Crippen LogP) is 2.01. The summed E-state index contributed by atoms with van der Waals surface area (Å²) < 4.78 is 4.85. The van der Waals surface area contributed by atoms with Crippen molar-refractivity contribution < 1.29 is 4.74 Å². The average Bonchev–Trinajstić information content (AvgIpc) is 1.89. The highest BCUT2D eigenvalue weighted by molar-refractivity contribution is 6.31. The third-order valence-electron chi connectivity index (χ3n) is 0.886. The van der Waals surface area contributed by atoms with Crippen molar-refractivity contribution in [2.75, 3.05) is 6.61 Å². The van der Waals surface area contributed by atoms with Gasteiger partial charge in [0.05, 0.1) is 0 Å². The molecule has 0 aliphatic carbocycles. The summed E-state index contributed by atoms with van der Waals surface area (Å²) >= 11 is 5.54. The minimum absolute atomic E-state index is 0.194. The van der Waals surface area contributed by atoms with Crippen molar-refractivity contribution in [2.45, 2.75) is 0 Å². The molecular formula is C5H5ClN2O. The van der Waals surface area contributed by atoms with Crippen LogP contribution in [0.15, 0.2) is 28.2 Å². The summed E-state index contributed by atoms with van der Waals surface area (Å²) in [4.78, 5) is 0. The summed E-state index contributed by atoms with van der Waals surface area (Å²) in [7, 11) is 0. The van der Waals surface area contributed by atoms with Crippen LogP contribution in [-0.2, 0) is 4.74 Å². The highest BCUT2D eigenvalue weighted by Crippen LogP contribution is 2.16. The molecule has 9 heavy (non-hydrogen) atoms. The van der Waals surface area contributed by atoms with E-state index in [0.717, 1.165) is 0 Å². The molecule has 0 saturated heterocycles. The number of rotatable bonds is 1. The van der Waals surface area contributed by atoms with Crippen LogP contribution in [-0.4, -0.2) is 6.61 Å². The number of halogens is 1. The van der Waals surface area contributed by atoms with E-state index in [1.807, 2.05) is 0 Å². The highest BCUT2D eigenvalue weighted by Gasteiger charge is 2.04. The zero-order chi connectivity index (χ0) is 6.69. The first kappa shape index (κ1) is 6.29. The minimum atomic E-state index is 0.194. The second-order valence-corrected chi connectivity index (χ2v) is 1.89. The van der Waals surface area contributed by atoms with Gasteiger partial charge in [0, 0.05) is 0 Å². The standard InChI is InChI=1S/C5H5ClN2O/c6-4-2-1-3-9-5(4)8-7/h1-2,7H,3H2. The number of hydrogen-bond donors (Lipinski definition) is 1. The van der Waals surface area contributed by atoms with Crippen molar-refractivity contribution in [2.24, 2.45) is 5.11 Å². The molecule has 0 bridgehead atoms. The lowest BCUT2D eigenvalue weighted by Crippen LogP contribution is -1.95. The second-order valence-electron chi connectivity index (χ2n) is 1.48. The molecular weight excluding hydrogens is 140 g/mol. The van der Waals surface area contributed by atoms with E-state index in [2.05, 4.69) is 5.11 Å². The lowest BCUT2D eigenvalue weighted by molar-refractivity contribution is 0.234. The summed E-state index contributed by atoms with van der Waals surface area (Å²) in [5.41, 5.74) is 6.55. The molecule has 0 amide bonds. The SMILES string of the molecule is N=NC1=C(Cl)C=CCO1. The van der Waals surface area contributed by atoms with Crippen LogP contribution in [0.3, 0.4) is 0 Å². The van der Waals surface area contributed by atoms with Crippen LogP contribution < -0.4 is 0 Å². The average molecular weight is 145 g/mol. The van der Waals surface area contributed by atoms with Gasteiger partial charge in [0.1, 0.15) is 11.6 Å². The van der Waals surface area contributed by atoms with Gasteiger partial charge in [-0.2, -0.15) is 0 Å². The molecule has 0 atom stereocenters. The number of nitrogens with zero attached hydrogens (tertiary/aromatic N) is 1. The van der Waals surface area contributed by atoms with Crippen LogP contribution >= 0.6 is 11.6 Å². The Morgan fingerprint density at radius 2 is 2.56 bits per heavy atom. The number of hydrogen-bond acceptors (Lipinski definition) is 3. The normalized spacial score (nSPS) is 17.4. The molecule has 1 aliphatic rings. The Morgan fingerprint density at radius 3 is 3.00 bits per heavy atom. The smallest absolute Gasteiger partial charge is 0.251 e. The Bertz CT molecular complexity index is 185. The van der Waals surface area contributed by atoms with Crippen molar-refractivity contribution in [3.63, 3.8) is 0 Å². The fourth-order valence-corrected chi connectivity index (χ4v) is 0.690. The van der Waals surface area contributed by atoms with Crippen molar-refractivity contribution >= 4 is 11.6 Å². The van der Waals surface area contributed by atoms with Gasteiger partial charge in [-0.1, -0.05) is 11.6 Å². The highest BCUT2D eigenvalue weighted by atomic mass is 35.5. The zero-order valence-electron chi connectivity index (χ0n) is 4.60. The molecule has 0 unspecified atom stereocenters. The van der Waals surface area contributed by atoms with Crippen LogP contribution in [0.4, 0.5) is 0 Å². The van der Waals surface area contributed by atoms with E-state index in [0.29, 0.717) is 11.6 Å². The molecule has 0 spiro atoms. The molecule has 0 fully saturated rings. The van der Waals surface area contributed by atoms with Crippen LogP contribution in [0.5, 0.6) is 0 Å². The summed E-state index contributed by atoms with van der Waals surface area (Å²) in [6.07, 6.45) is 3.43. The molecule has 1 heterocycles. The van der Waals surface area contributed by atoms with Gasteiger partial charge in [-0.15, -0.1) is 5.11 Å². The molecule has 1 rings (SSSR count). The van der Waals surface area contributed by atoms with E-state index < -0.39 is 0 Å². The van der Waals surface area contributed by atoms with E-state index in [1.54, 1.807) is 12.2 Å². The molecule has 0 aromatic carbocycles. The summed E-state index contributed by atoms with van der Waals surface area (Å²) in [6, 6.07) is 0. The first-order valence-corrected chi connectivity index (χ1v) is 2.79. The Balaban J connectivity index is 2.84. The topological polar surface area (TPSA) is 45.4 Å². The maximum absolute atomic E-state index is 6.55. The maximum atomic E-state index is 6.55. The van der Waals surface area contributed by atoms with Gasteiger partial charge in [-0.05, 0) is 12.2 Å². The molecule has 0 radical (unpaired) electrons. The van der Waals surface area contributed by atoms with Crippen molar-refractivity contribution in [3.05, 3.63) is 23.1 Å². The first-order valence-electron chi connectivity index (χ1n) is 2.41. The van der Waals surface area contributed by atoms with Gasteiger partial charge in [-0.3, -0.25) is 0 Å². The largest absolute Gasteiger partial charge is 0.471 e. The van der Waals surface area contributed by atoms with Gasteiger partial charge < -0.3 is 4.74 Å². The van der Waals surface area contributed by atoms with Gasteiger partial charge in [0.25, 0.3) is 5.88 Å². The van der Waals surface area contributed by atoms with Crippen molar-refractivity contribution in [1.82, 2.24) is 0 Å². The first-order chi connectivity index (χ1) is 4.34. The van der Waals surface area contributed by atoms with Crippen LogP contribution in [0, 0.1) is 5.53 Å². The maximum Gasteiger partial charge on any atom is 0.251 e. The number of ether oxygens (including phenoxy) is 1. The summed E-state index contributed by atoms with van der Waals surface area (Å²) in [5.74, 6) is 0.194. The quantitative estimate of drug-likeness (QED) is 0.563. The Morgan fingerprint density at radius 1 is 1.78 bits per heavy atom. The molecule has 1 aliphatic heterocycles. The minimum Gasteiger partial charge on any atom is -0.471 e. The monoisotopic (exact) mass is 144 g/mol. The summed E-state index contributed by atoms with van der Waals surface area (Å²) in [5, 5.41) is 3.44. The Labute approximate surface area is 57.5 Å². The van der Waals surface area contributed by atoms with E-state index in [1.165, 1.54) is 0 Å². The second kappa shape index (κ2) is 2.64. The fraction of sp³-hybridized carbons (Fsp3) is 0.200. The Kier molecular flexibility index (Phi) is 1.85. The van der Waals surface area contributed by atoms with Crippen LogP contribution in [0.25, 0.3) is 0 Å². The molecule has 3 nitrogen and oxygen atoms in total. The van der Waals surface area contributed by atoms with Gasteiger partial charge in [0.2, 0.25) is 0 Å². The molecule has 1 N–H and O–H groups in total. The molecule has 0 aromatic rings.